The molecule has 0 N–H and O–H groups in total. The van der Waals surface area contributed by atoms with Crippen molar-refractivity contribution >= 4 is 23.4 Å². The summed E-state index contributed by atoms with van der Waals surface area (Å²) in [7, 11) is 0. The van der Waals surface area contributed by atoms with Gasteiger partial charge in [-0.25, -0.2) is 8.78 Å². The first-order valence-corrected chi connectivity index (χ1v) is 9.20. The molecule has 2 saturated heterocycles. The SMILES string of the molecule is O=C(C1C=c2c(F)c(F)ccc2=N1)N1CCC2=NN=C(C3CCCO3)C2C1. The Morgan fingerprint density at radius 2 is 2.15 bits per heavy atom. The molecule has 5 rings (SSSR count). The molecular weight excluding hydrogens is 354 g/mol. The van der Waals surface area contributed by atoms with E-state index in [1.165, 1.54) is 12.1 Å². The van der Waals surface area contributed by atoms with Gasteiger partial charge in [-0.2, -0.15) is 10.2 Å². The lowest BCUT2D eigenvalue weighted by atomic mass is 9.88. The predicted molar refractivity (Wildman–Crippen MR) is 93.9 cm³/mol. The van der Waals surface area contributed by atoms with Crippen LogP contribution in [0.25, 0.3) is 6.08 Å². The van der Waals surface area contributed by atoms with Crippen LogP contribution in [0.15, 0.2) is 27.3 Å². The van der Waals surface area contributed by atoms with Crippen molar-refractivity contribution in [2.75, 3.05) is 19.7 Å². The highest BCUT2D eigenvalue weighted by molar-refractivity contribution is 6.13. The molecule has 1 aromatic rings. The third-order valence-corrected chi connectivity index (χ3v) is 5.63. The van der Waals surface area contributed by atoms with E-state index in [1.807, 2.05) is 0 Å². The summed E-state index contributed by atoms with van der Waals surface area (Å²) in [5.41, 5.74) is 1.90. The van der Waals surface area contributed by atoms with Gasteiger partial charge in [0.1, 0.15) is 6.04 Å². The zero-order valence-corrected chi connectivity index (χ0v) is 14.6. The quantitative estimate of drug-likeness (QED) is 0.763. The van der Waals surface area contributed by atoms with E-state index in [0.29, 0.717) is 24.9 Å². The molecule has 0 bridgehead atoms. The maximum absolute atomic E-state index is 13.9. The monoisotopic (exact) mass is 372 g/mol. The standard InChI is InChI=1S/C19H18F2N4O2/c20-12-3-4-13-10(17(12)21)8-15(22-13)19(26)25-6-5-14-11(9-25)18(24-23-14)16-2-1-7-27-16/h3-4,8,11,15-16H,1-2,5-7,9H2. The average Bonchev–Trinajstić information content (AvgIpc) is 3.42. The predicted octanol–water partition coefficient (Wildman–Crippen LogP) is 0.585. The first-order chi connectivity index (χ1) is 13.1. The summed E-state index contributed by atoms with van der Waals surface area (Å²) in [4.78, 5) is 19.0. The van der Waals surface area contributed by atoms with Crippen LogP contribution in [-0.4, -0.2) is 54.1 Å². The molecule has 1 aromatic carbocycles. The highest BCUT2D eigenvalue weighted by Gasteiger charge is 2.40. The third kappa shape index (κ3) is 2.70. The van der Waals surface area contributed by atoms with Gasteiger partial charge < -0.3 is 9.64 Å². The largest absolute Gasteiger partial charge is 0.372 e. The molecule has 140 valence electrons. The van der Waals surface area contributed by atoms with Crippen LogP contribution in [0.3, 0.4) is 0 Å². The maximum atomic E-state index is 13.9. The Hall–Kier alpha value is -2.48. The Labute approximate surface area is 153 Å². The number of carbonyl (C=O) groups is 1. The number of ether oxygens (including phenoxy) is 1. The number of benzene rings is 1. The van der Waals surface area contributed by atoms with Crippen molar-refractivity contribution in [3.63, 3.8) is 0 Å². The van der Waals surface area contributed by atoms with Gasteiger partial charge in [0.25, 0.3) is 5.91 Å². The van der Waals surface area contributed by atoms with E-state index in [2.05, 4.69) is 15.2 Å². The van der Waals surface area contributed by atoms with Crippen LogP contribution in [0, 0.1) is 17.6 Å². The highest BCUT2D eigenvalue weighted by atomic mass is 19.2. The Kier molecular flexibility index (Phi) is 3.89. The number of halogens is 2. The van der Waals surface area contributed by atoms with E-state index in [4.69, 9.17) is 4.74 Å². The van der Waals surface area contributed by atoms with Crippen LogP contribution in [0.5, 0.6) is 0 Å². The Bertz CT molecular complexity index is 998. The molecule has 6 nitrogen and oxygen atoms in total. The van der Waals surface area contributed by atoms with Crippen LogP contribution in [-0.2, 0) is 9.53 Å². The summed E-state index contributed by atoms with van der Waals surface area (Å²) >= 11 is 0. The molecular formula is C19H18F2N4O2. The fourth-order valence-corrected chi connectivity index (χ4v) is 4.20. The molecule has 3 atom stereocenters. The third-order valence-electron chi connectivity index (χ3n) is 5.63. The number of hydrogen-bond acceptors (Lipinski definition) is 5. The van der Waals surface area contributed by atoms with Crippen molar-refractivity contribution in [2.24, 2.45) is 21.1 Å². The molecule has 27 heavy (non-hydrogen) atoms. The normalized spacial score (nSPS) is 28.8. The molecule has 4 aliphatic rings. The summed E-state index contributed by atoms with van der Waals surface area (Å²) in [6, 6.07) is 1.61. The second-order valence-electron chi connectivity index (χ2n) is 7.24. The first-order valence-electron chi connectivity index (χ1n) is 9.20. The lowest BCUT2D eigenvalue weighted by Crippen LogP contribution is -2.49. The number of likely N-dealkylation sites (tertiary alicyclic amines) is 1. The molecule has 3 unspecified atom stereocenters. The van der Waals surface area contributed by atoms with Crippen molar-refractivity contribution in [1.29, 1.82) is 0 Å². The van der Waals surface area contributed by atoms with Gasteiger partial charge in [-0.15, -0.1) is 0 Å². The van der Waals surface area contributed by atoms with Gasteiger partial charge in [-0.05, 0) is 31.1 Å². The van der Waals surface area contributed by atoms with Gasteiger partial charge in [0.15, 0.2) is 11.6 Å². The van der Waals surface area contributed by atoms with Crippen molar-refractivity contribution in [2.45, 2.75) is 31.4 Å². The minimum atomic E-state index is -0.955. The molecule has 8 heteroatoms. The van der Waals surface area contributed by atoms with E-state index in [-0.39, 0.29) is 23.1 Å². The fourth-order valence-electron chi connectivity index (χ4n) is 4.20. The highest BCUT2D eigenvalue weighted by Crippen LogP contribution is 2.28. The van der Waals surface area contributed by atoms with Crippen LogP contribution < -0.4 is 10.6 Å². The molecule has 2 fully saturated rings. The number of fused-ring (bicyclic) bond motifs is 2. The summed E-state index contributed by atoms with van der Waals surface area (Å²) in [6.45, 7) is 1.73. The Morgan fingerprint density at radius 3 is 2.96 bits per heavy atom. The summed E-state index contributed by atoms with van der Waals surface area (Å²) < 4.78 is 33.1. The average molecular weight is 372 g/mol. The smallest absolute Gasteiger partial charge is 0.251 e. The lowest BCUT2D eigenvalue weighted by Gasteiger charge is -2.33. The molecule has 1 amide bonds. The fraction of sp³-hybridized carbons (Fsp3) is 0.474. The van der Waals surface area contributed by atoms with Gasteiger partial charge in [-0.3, -0.25) is 9.79 Å². The maximum Gasteiger partial charge on any atom is 0.251 e. The van der Waals surface area contributed by atoms with Gasteiger partial charge in [0, 0.05) is 31.3 Å². The van der Waals surface area contributed by atoms with E-state index < -0.39 is 17.7 Å². The van der Waals surface area contributed by atoms with Crippen LogP contribution in [0.4, 0.5) is 8.78 Å². The second kappa shape index (κ2) is 6.30. The molecule has 0 radical (unpaired) electrons. The summed E-state index contributed by atoms with van der Waals surface area (Å²) in [6.07, 6.45) is 3.97. The molecule has 0 aliphatic carbocycles. The van der Waals surface area contributed by atoms with E-state index >= 15 is 0 Å². The molecule has 4 heterocycles. The minimum Gasteiger partial charge on any atom is -0.372 e. The number of hydrogen-bond donors (Lipinski definition) is 0. The number of rotatable bonds is 2. The molecule has 0 aromatic heterocycles. The Balaban J connectivity index is 1.36. The second-order valence-corrected chi connectivity index (χ2v) is 7.24. The van der Waals surface area contributed by atoms with Crippen LogP contribution in [0.2, 0.25) is 0 Å². The number of amides is 1. The minimum absolute atomic E-state index is 0.0104. The van der Waals surface area contributed by atoms with E-state index in [0.717, 1.165) is 36.9 Å². The topological polar surface area (TPSA) is 66.6 Å². The van der Waals surface area contributed by atoms with Gasteiger partial charge in [0.05, 0.1) is 28.8 Å². The van der Waals surface area contributed by atoms with E-state index in [1.54, 1.807) is 4.90 Å². The summed E-state index contributed by atoms with van der Waals surface area (Å²) in [5.74, 6) is -2.11. The van der Waals surface area contributed by atoms with E-state index in [9.17, 15) is 13.6 Å². The van der Waals surface area contributed by atoms with Gasteiger partial charge in [-0.1, -0.05) is 0 Å². The summed E-state index contributed by atoms with van der Waals surface area (Å²) in [5, 5.41) is 9.00. The number of piperidine rings is 1. The van der Waals surface area contributed by atoms with Crippen molar-refractivity contribution in [3.05, 3.63) is 34.3 Å². The first kappa shape index (κ1) is 16.7. The van der Waals surface area contributed by atoms with Crippen LogP contribution in [0.1, 0.15) is 19.3 Å². The number of carbonyl (C=O) groups excluding carboxylic acids is 1. The molecule has 0 spiro atoms. The van der Waals surface area contributed by atoms with Crippen molar-refractivity contribution < 1.29 is 18.3 Å². The van der Waals surface area contributed by atoms with Crippen molar-refractivity contribution in [1.82, 2.24) is 4.90 Å². The van der Waals surface area contributed by atoms with Gasteiger partial charge in [0.2, 0.25) is 0 Å². The van der Waals surface area contributed by atoms with Crippen LogP contribution >= 0.6 is 0 Å². The zero-order chi connectivity index (χ0) is 18.5. The van der Waals surface area contributed by atoms with Crippen molar-refractivity contribution in [3.8, 4) is 0 Å². The molecule has 4 aliphatic heterocycles. The number of nitrogens with zero attached hydrogens (tertiary/aromatic N) is 4. The zero-order valence-electron chi connectivity index (χ0n) is 14.6. The van der Waals surface area contributed by atoms with Gasteiger partial charge >= 0.3 is 0 Å². The lowest BCUT2D eigenvalue weighted by molar-refractivity contribution is -0.131. The Morgan fingerprint density at radius 1 is 1.26 bits per heavy atom. The molecule has 0 saturated carbocycles.